The molecule has 216 valence electrons. The van der Waals surface area contributed by atoms with Gasteiger partial charge in [0.1, 0.15) is 11.4 Å². The van der Waals surface area contributed by atoms with Gasteiger partial charge >= 0.3 is 0 Å². The second kappa shape index (κ2) is 13.6. The average Bonchev–Trinajstić information content (AvgIpc) is 3.38. The van der Waals surface area contributed by atoms with E-state index in [1.807, 2.05) is 31.2 Å². The van der Waals surface area contributed by atoms with Crippen LogP contribution in [0.3, 0.4) is 0 Å². The van der Waals surface area contributed by atoms with Gasteiger partial charge in [-0.3, -0.25) is 9.48 Å². The van der Waals surface area contributed by atoms with Gasteiger partial charge in [0.25, 0.3) is 5.91 Å². The summed E-state index contributed by atoms with van der Waals surface area (Å²) in [6.07, 6.45) is 13.7. The number of ether oxygens (including phenoxy) is 1. The number of fused-ring (bicyclic) bond motifs is 1. The normalized spacial score (nSPS) is 20.2. The van der Waals surface area contributed by atoms with Gasteiger partial charge in [0.15, 0.2) is 0 Å². The van der Waals surface area contributed by atoms with E-state index in [0.29, 0.717) is 23.2 Å². The Labute approximate surface area is 238 Å². The molecule has 2 aliphatic rings. The number of hydrogen-bond acceptors (Lipinski definition) is 6. The molecule has 2 fully saturated rings. The number of pyridine rings is 1. The summed E-state index contributed by atoms with van der Waals surface area (Å²) in [6, 6.07) is 9.72. The third-order valence-corrected chi connectivity index (χ3v) is 8.83. The molecule has 0 radical (unpaired) electrons. The minimum Gasteiger partial charge on any atom is -0.494 e. The van der Waals surface area contributed by atoms with Crippen molar-refractivity contribution in [3.05, 3.63) is 47.9 Å². The molecule has 1 saturated heterocycles. The molecule has 8 heteroatoms. The summed E-state index contributed by atoms with van der Waals surface area (Å²) in [7, 11) is 3.92. The van der Waals surface area contributed by atoms with E-state index in [0.717, 1.165) is 41.3 Å². The molecule has 0 spiro atoms. The highest BCUT2D eigenvalue weighted by atomic mass is 16.5. The quantitative estimate of drug-likeness (QED) is 0.294. The molecule has 3 heterocycles. The summed E-state index contributed by atoms with van der Waals surface area (Å²) in [5, 5.41) is 12.4. The van der Waals surface area contributed by atoms with Crippen molar-refractivity contribution in [1.82, 2.24) is 25.0 Å². The van der Waals surface area contributed by atoms with Crippen molar-refractivity contribution in [2.45, 2.75) is 70.8 Å². The number of anilines is 1. The number of carbonyl (C=O) groups excluding carboxylic acids is 1. The standard InChI is InChI=1S/C32H46N6O2/c1-23-7-6-9-28(34-23)32(39)35-30-19-26-22-38(36-29(26)20-31(30)40-3)27-12-10-25(11-13-27)21-37(2)18-5-4-8-24-14-16-33-17-15-24/h6-7,9,19-20,22,24-25,27,33H,4-5,8,10-18,21H2,1-3H3,(H,35,39). The zero-order valence-electron chi connectivity index (χ0n) is 24.5. The second-order valence-electron chi connectivity index (χ2n) is 12.0. The van der Waals surface area contributed by atoms with E-state index in [4.69, 9.17) is 9.84 Å². The van der Waals surface area contributed by atoms with Crippen molar-refractivity contribution < 1.29 is 9.53 Å². The van der Waals surface area contributed by atoms with E-state index < -0.39 is 0 Å². The lowest BCUT2D eigenvalue weighted by Crippen LogP contribution is -2.30. The van der Waals surface area contributed by atoms with Crippen molar-refractivity contribution in [1.29, 1.82) is 0 Å². The van der Waals surface area contributed by atoms with Gasteiger partial charge in [-0.25, -0.2) is 4.98 Å². The third-order valence-electron chi connectivity index (χ3n) is 8.83. The minimum absolute atomic E-state index is 0.251. The lowest BCUT2D eigenvalue weighted by atomic mass is 9.85. The molecule has 40 heavy (non-hydrogen) atoms. The summed E-state index contributed by atoms with van der Waals surface area (Å²) >= 11 is 0. The average molecular weight is 547 g/mol. The molecule has 2 aromatic heterocycles. The molecule has 1 aliphatic heterocycles. The van der Waals surface area contributed by atoms with E-state index in [1.165, 1.54) is 71.1 Å². The first-order chi connectivity index (χ1) is 19.5. The maximum Gasteiger partial charge on any atom is 0.274 e. The SMILES string of the molecule is COc1cc2nn(C3CCC(CN(C)CCCCC4CCNCC4)CC3)cc2cc1NC(=O)c1cccc(C)n1. The summed E-state index contributed by atoms with van der Waals surface area (Å²) in [5.41, 5.74) is 2.71. The molecule has 2 N–H and O–H groups in total. The number of piperidine rings is 1. The zero-order chi connectivity index (χ0) is 27.9. The van der Waals surface area contributed by atoms with Crippen molar-refractivity contribution in [2.75, 3.05) is 45.7 Å². The van der Waals surface area contributed by atoms with E-state index in [-0.39, 0.29) is 5.91 Å². The van der Waals surface area contributed by atoms with E-state index in [1.54, 1.807) is 13.2 Å². The highest BCUT2D eigenvalue weighted by Crippen LogP contribution is 2.35. The zero-order valence-corrected chi connectivity index (χ0v) is 24.5. The smallest absolute Gasteiger partial charge is 0.274 e. The number of nitrogens with one attached hydrogen (secondary N) is 2. The Morgan fingerprint density at radius 3 is 2.65 bits per heavy atom. The lowest BCUT2D eigenvalue weighted by molar-refractivity contribution is 0.102. The molecule has 0 unspecified atom stereocenters. The summed E-state index contributed by atoms with van der Waals surface area (Å²) in [6.45, 7) is 6.72. The molecule has 1 amide bonds. The first kappa shape index (κ1) is 28.6. The maximum absolute atomic E-state index is 12.8. The van der Waals surface area contributed by atoms with Gasteiger partial charge in [-0.15, -0.1) is 0 Å². The fourth-order valence-corrected chi connectivity index (χ4v) is 6.49. The number of aromatic nitrogens is 3. The topological polar surface area (TPSA) is 84.3 Å². The highest BCUT2D eigenvalue weighted by Gasteiger charge is 2.24. The number of benzene rings is 1. The van der Waals surface area contributed by atoms with Crippen LogP contribution in [0.2, 0.25) is 0 Å². The monoisotopic (exact) mass is 546 g/mol. The van der Waals surface area contributed by atoms with Crippen LogP contribution >= 0.6 is 0 Å². The van der Waals surface area contributed by atoms with Gasteiger partial charge in [-0.2, -0.15) is 5.10 Å². The number of carbonyl (C=O) groups is 1. The van der Waals surface area contributed by atoms with Crippen molar-refractivity contribution >= 4 is 22.5 Å². The second-order valence-corrected chi connectivity index (χ2v) is 12.0. The minimum atomic E-state index is -0.251. The number of hydrogen-bond donors (Lipinski definition) is 2. The Bertz CT molecular complexity index is 1260. The van der Waals surface area contributed by atoms with Crippen LogP contribution in [-0.4, -0.2) is 65.9 Å². The van der Waals surface area contributed by atoms with Gasteiger partial charge in [-0.05, 0) is 109 Å². The summed E-state index contributed by atoms with van der Waals surface area (Å²) in [4.78, 5) is 19.7. The number of amides is 1. The van der Waals surface area contributed by atoms with E-state index in [9.17, 15) is 4.79 Å². The molecule has 8 nitrogen and oxygen atoms in total. The molecule has 0 atom stereocenters. The molecular formula is C32H46N6O2. The van der Waals surface area contributed by atoms with Gasteiger partial charge in [-0.1, -0.05) is 18.9 Å². The van der Waals surface area contributed by atoms with Crippen molar-refractivity contribution in [2.24, 2.45) is 11.8 Å². The fraction of sp³-hybridized carbons (Fsp3) is 0.594. The fourth-order valence-electron chi connectivity index (χ4n) is 6.49. The largest absolute Gasteiger partial charge is 0.494 e. The Balaban J connectivity index is 1.12. The van der Waals surface area contributed by atoms with Gasteiger partial charge in [0.2, 0.25) is 0 Å². The summed E-state index contributed by atoms with van der Waals surface area (Å²) < 4.78 is 7.73. The van der Waals surface area contributed by atoms with Crippen LogP contribution in [0.1, 0.15) is 80.0 Å². The van der Waals surface area contributed by atoms with Gasteiger partial charge in [0.05, 0.1) is 24.4 Å². The molecule has 1 aromatic carbocycles. The van der Waals surface area contributed by atoms with E-state index >= 15 is 0 Å². The summed E-state index contributed by atoms with van der Waals surface area (Å²) in [5.74, 6) is 2.07. The van der Waals surface area contributed by atoms with Crippen molar-refractivity contribution in [3.8, 4) is 5.75 Å². The third kappa shape index (κ3) is 7.40. The Kier molecular flexibility index (Phi) is 9.70. The molecular weight excluding hydrogens is 500 g/mol. The van der Waals surface area contributed by atoms with Crippen LogP contribution < -0.4 is 15.4 Å². The lowest BCUT2D eigenvalue weighted by Gasteiger charge is -2.31. The first-order valence-electron chi connectivity index (χ1n) is 15.2. The van der Waals surface area contributed by atoms with Gasteiger partial charge in [0, 0.05) is 29.9 Å². The van der Waals surface area contributed by atoms with Crippen LogP contribution in [-0.2, 0) is 0 Å². The number of methoxy groups -OCH3 is 1. The Morgan fingerprint density at radius 1 is 1.10 bits per heavy atom. The van der Waals surface area contributed by atoms with Crippen LogP contribution in [0, 0.1) is 18.8 Å². The number of nitrogens with zero attached hydrogens (tertiary/aromatic N) is 4. The first-order valence-corrected chi connectivity index (χ1v) is 15.2. The highest BCUT2D eigenvalue weighted by molar-refractivity contribution is 6.05. The van der Waals surface area contributed by atoms with Crippen LogP contribution in [0.4, 0.5) is 5.69 Å². The van der Waals surface area contributed by atoms with Crippen LogP contribution in [0.15, 0.2) is 36.5 Å². The van der Waals surface area contributed by atoms with Crippen LogP contribution in [0.25, 0.3) is 10.9 Å². The van der Waals surface area contributed by atoms with Crippen molar-refractivity contribution in [3.63, 3.8) is 0 Å². The number of rotatable bonds is 11. The van der Waals surface area contributed by atoms with Gasteiger partial charge < -0.3 is 20.3 Å². The predicted octanol–water partition coefficient (Wildman–Crippen LogP) is 5.83. The molecule has 1 aliphatic carbocycles. The Morgan fingerprint density at radius 2 is 1.90 bits per heavy atom. The number of aryl methyl sites for hydroxylation is 1. The predicted molar refractivity (Wildman–Crippen MR) is 161 cm³/mol. The molecule has 1 saturated carbocycles. The van der Waals surface area contributed by atoms with Crippen LogP contribution in [0.5, 0.6) is 5.75 Å². The molecule has 3 aromatic rings. The van der Waals surface area contributed by atoms with E-state index in [2.05, 4.69) is 38.4 Å². The molecule has 0 bridgehead atoms. The molecule has 5 rings (SSSR count). The number of unbranched alkanes of at least 4 members (excludes halogenated alkanes) is 1. The Hall–Kier alpha value is -2.97. The maximum atomic E-state index is 12.8.